The predicted molar refractivity (Wildman–Crippen MR) is 96.1 cm³/mol. The van der Waals surface area contributed by atoms with Gasteiger partial charge in [-0.25, -0.2) is 0 Å². The van der Waals surface area contributed by atoms with E-state index in [1.54, 1.807) is 7.11 Å². The second kappa shape index (κ2) is 8.52. The largest absolute Gasteiger partial charge is 0.496 e. The van der Waals surface area contributed by atoms with E-state index in [-0.39, 0.29) is 0 Å². The van der Waals surface area contributed by atoms with Crippen LogP contribution in [-0.2, 0) is 11.3 Å². The molecule has 0 radical (unpaired) electrons. The van der Waals surface area contributed by atoms with Crippen molar-refractivity contribution in [2.45, 2.75) is 57.5 Å². The minimum Gasteiger partial charge on any atom is -0.496 e. The number of rotatable bonds is 6. The van der Waals surface area contributed by atoms with Gasteiger partial charge in [-0.05, 0) is 31.7 Å². The third-order valence-electron chi connectivity index (χ3n) is 5.18. The monoisotopic (exact) mass is 330 g/mol. The highest BCUT2D eigenvalue weighted by Crippen LogP contribution is 2.30. The molecule has 0 spiro atoms. The van der Waals surface area contributed by atoms with Crippen LogP contribution in [0.4, 0.5) is 0 Å². The molecule has 1 aromatic carbocycles. The Morgan fingerprint density at radius 1 is 1.12 bits per heavy atom. The van der Waals surface area contributed by atoms with Crippen molar-refractivity contribution in [2.75, 3.05) is 26.7 Å². The van der Waals surface area contributed by atoms with Crippen molar-refractivity contribution in [1.82, 2.24) is 9.80 Å². The minimum absolute atomic E-state index is 0.304. The first kappa shape index (κ1) is 17.3. The van der Waals surface area contributed by atoms with Crippen LogP contribution in [0.5, 0.6) is 5.75 Å². The number of likely N-dealkylation sites (tertiary alicyclic amines) is 1. The zero-order valence-corrected chi connectivity index (χ0v) is 14.9. The molecule has 3 rings (SSSR count). The molecular weight excluding hydrogens is 300 g/mol. The molecule has 0 N–H and O–H groups in total. The van der Waals surface area contributed by atoms with Gasteiger partial charge in [-0.15, -0.1) is 0 Å². The quantitative estimate of drug-likeness (QED) is 0.801. The van der Waals surface area contributed by atoms with Gasteiger partial charge in [-0.2, -0.15) is 0 Å². The van der Waals surface area contributed by atoms with E-state index < -0.39 is 0 Å². The van der Waals surface area contributed by atoms with Crippen molar-refractivity contribution in [3.8, 4) is 5.75 Å². The summed E-state index contributed by atoms with van der Waals surface area (Å²) in [6.07, 6.45) is 8.58. The van der Waals surface area contributed by atoms with Gasteiger partial charge < -0.3 is 9.64 Å². The van der Waals surface area contributed by atoms with E-state index in [0.29, 0.717) is 18.5 Å². The summed E-state index contributed by atoms with van der Waals surface area (Å²) < 4.78 is 5.48. The molecule has 1 amide bonds. The van der Waals surface area contributed by atoms with Gasteiger partial charge in [0.05, 0.1) is 13.7 Å². The molecule has 24 heavy (non-hydrogen) atoms. The third kappa shape index (κ3) is 4.73. The molecule has 132 valence electrons. The van der Waals surface area contributed by atoms with Crippen LogP contribution in [0, 0.1) is 0 Å². The molecule has 4 nitrogen and oxygen atoms in total. The predicted octanol–water partition coefficient (Wildman–Crippen LogP) is 3.45. The molecule has 2 fully saturated rings. The van der Waals surface area contributed by atoms with Crippen LogP contribution >= 0.6 is 0 Å². The third-order valence-corrected chi connectivity index (χ3v) is 5.18. The Labute approximate surface area is 145 Å². The highest BCUT2D eigenvalue weighted by atomic mass is 16.5. The number of para-hydroxylation sites is 1. The highest BCUT2D eigenvalue weighted by Gasteiger charge is 2.31. The van der Waals surface area contributed by atoms with Crippen molar-refractivity contribution < 1.29 is 9.53 Å². The van der Waals surface area contributed by atoms with Crippen molar-refractivity contribution >= 4 is 5.91 Å². The van der Waals surface area contributed by atoms with Gasteiger partial charge in [0.15, 0.2) is 0 Å². The average molecular weight is 330 g/mol. The lowest BCUT2D eigenvalue weighted by atomic mass is 10.1. The standard InChI is InChI=1S/C20H30N2O2/c1-24-19-10-6-5-9-17(19)15-22(18-11-12-18)16-20(23)21-13-7-3-2-4-8-14-21/h5-6,9-10,18H,2-4,7-8,11-16H2,1H3. The molecule has 0 bridgehead atoms. The van der Waals surface area contributed by atoms with E-state index in [1.165, 1.54) is 37.7 Å². The first-order chi connectivity index (χ1) is 11.8. The van der Waals surface area contributed by atoms with Crippen LogP contribution < -0.4 is 4.74 Å². The minimum atomic E-state index is 0.304. The SMILES string of the molecule is COc1ccccc1CN(CC(=O)N1CCCCCCC1)C1CC1. The smallest absolute Gasteiger partial charge is 0.236 e. The number of amides is 1. The molecular formula is C20H30N2O2. The van der Waals surface area contributed by atoms with Gasteiger partial charge >= 0.3 is 0 Å². The van der Waals surface area contributed by atoms with Crippen LogP contribution in [0.2, 0.25) is 0 Å². The highest BCUT2D eigenvalue weighted by molar-refractivity contribution is 5.78. The van der Waals surface area contributed by atoms with Gasteiger partial charge in [0.1, 0.15) is 5.75 Å². The van der Waals surface area contributed by atoms with E-state index in [2.05, 4.69) is 15.9 Å². The summed E-state index contributed by atoms with van der Waals surface area (Å²) in [5, 5.41) is 0. The van der Waals surface area contributed by atoms with E-state index >= 15 is 0 Å². The van der Waals surface area contributed by atoms with Gasteiger partial charge in [0.25, 0.3) is 0 Å². The Morgan fingerprint density at radius 2 is 1.79 bits per heavy atom. The first-order valence-corrected chi connectivity index (χ1v) is 9.41. The number of carbonyl (C=O) groups excluding carboxylic acids is 1. The molecule has 0 atom stereocenters. The van der Waals surface area contributed by atoms with Crippen molar-refractivity contribution in [3.05, 3.63) is 29.8 Å². The summed E-state index contributed by atoms with van der Waals surface area (Å²) in [5.74, 6) is 1.22. The summed E-state index contributed by atoms with van der Waals surface area (Å²) >= 11 is 0. The Balaban J connectivity index is 1.62. The molecule has 1 saturated carbocycles. The second-order valence-electron chi connectivity index (χ2n) is 7.10. The number of benzene rings is 1. The molecule has 0 aromatic heterocycles. The van der Waals surface area contributed by atoms with Gasteiger partial charge in [-0.3, -0.25) is 9.69 Å². The van der Waals surface area contributed by atoms with Crippen LogP contribution in [0.1, 0.15) is 50.5 Å². The summed E-state index contributed by atoms with van der Waals surface area (Å²) in [5.41, 5.74) is 1.17. The van der Waals surface area contributed by atoms with Gasteiger partial charge in [-0.1, -0.05) is 37.5 Å². The van der Waals surface area contributed by atoms with Crippen LogP contribution in [0.25, 0.3) is 0 Å². The molecule has 0 unspecified atom stereocenters. The maximum absolute atomic E-state index is 12.8. The van der Waals surface area contributed by atoms with Crippen molar-refractivity contribution in [1.29, 1.82) is 0 Å². The Hall–Kier alpha value is -1.55. The summed E-state index contributed by atoms with van der Waals surface area (Å²) in [7, 11) is 1.71. The lowest BCUT2D eigenvalue weighted by molar-refractivity contribution is -0.133. The maximum Gasteiger partial charge on any atom is 0.236 e. The molecule has 1 aliphatic carbocycles. The molecule has 1 saturated heterocycles. The Bertz CT molecular complexity index is 534. The Morgan fingerprint density at radius 3 is 2.46 bits per heavy atom. The number of hydrogen-bond acceptors (Lipinski definition) is 3. The lowest BCUT2D eigenvalue weighted by Gasteiger charge is -2.29. The van der Waals surface area contributed by atoms with E-state index in [0.717, 1.165) is 38.2 Å². The van der Waals surface area contributed by atoms with Crippen molar-refractivity contribution in [3.63, 3.8) is 0 Å². The fourth-order valence-corrected chi connectivity index (χ4v) is 3.58. The normalized spacial score (nSPS) is 19.0. The van der Waals surface area contributed by atoms with Crippen LogP contribution in [0.15, 0.2) is 24.3 Å². The first-order valence-electron chi connectivity index (χ1n) is 9.41. The zero-order chi connectivity index (χ0) is 16.8. The summed E-state index contributed by atoms with van der Waals surface area (Å²) in [6, 6.07) is 8.71. The topological polar surface area (TPSA) is 32.8 Å². The number of hydrogen-bond donors (Lipinski definition) is 0. The summed E-state index contributed by atoms with van der Waals surface area (Å²) in [4.78, 5) is 17.2. The second-order valence-corrected chi connectivity index (χ2v) is 7.10. The lowest BCUT2D eigenvalue weighted by Crippen LogP contribution is -2.42. The fourth-order valence-electron chi connectivity index (χ4n) is 3.58. The van der Waals surface area contributed by atoms with Crippen LogP contribution in [-0.4, -0.2) is 48.5 Å². The van der Waals surface area contributed by atoms with Crippen molar-refractivity contribution in [2.24, 2.45) is 0 Å². The zero-order valence-electron chi connectivity index (χ0n) is 14.9. The molecule has 1 heterocycles. The molecule has 2 aliphatic rings. The van der Waals surface area contributed by atoms with E-state index in [4.69, 9.17) is 4.74 Å². The van der Waals surface area contributed by atoms with E-state index in [9.17, 15) is 4.79 Å². The summed E-state index contributed by atoms with van der Waals surface area (Å²) in [6.45, 7) is 3.22. The van der Waals surface area contributed by atoms with Gasteiger partial charge in [0, 0.05) is 31.2 Å². The van der Waals surface area contributed by atoms with Gasteiger partial charge in [0.2, 0.25) is 5.91 Å². The molecule has 4 heteroatoms. The average Bonchev–Trinajstić information content (AvgIpc) is 3.39. The molecule has 1 aliphatic heterocycles. The number of ether oxygens (including phenoxy) is 1. The number of nitrogens with zero attached hydrogens (tertiary/aromatic N) is 2. The maximum atomic E-state index is 12.8. The Kier molecular flexibility index (Phi) is 6.13. The molecule has 1 aromatic rings. The number of carbonyl (C=O) groups is 1. The number of methoxy groups -OCH3 is 1. The van der Waals surface area contributed by atoms with Crippen LogP contribution in [0.3, 0.4) is 0 Å². The van der Waals surface area contributed by atoms with E-state index in [1.807, 2.05) is 18.2 Å². The fraction of sp³-hybridized carbons (Fsp3) is 0.650.